The van der Waals surface area contributed by atoms with Crippen LogP contribution in [0.3, 0.4) is 0 Å². The molecule has 0 spiro atoms. The summed E-state index contributed by atoms with van der Waals surface area (Å²) in [4.78, 5) is 0. The minimum absolute atomic E-state index is 0.0496. The Morgan fingerprint density at radius 2 is 2.24 bits per heavy atom. The molecule has 0 heterocycles. The first-order valence-corrected chi connectivity index (χ1v) is 6.70. The average Bonchev–Trinajstić information content (AvgIpc) is 2.29. The third-order valence-corrected chi connectivity index (χ3v) is 3.33. The van der Waals surface area contributed by atoms with E-state index in [9.17, 15) is 4.39 Å². The van der Waals surface area contributed by atoms with Crippen LogP contribution in [0.1, 0.15) is 25.3 Å². The molecule has 2 nitrogen and oxygen atoms in total. The predicted octanol–water partition coefficient (Wildman–Crippen LogP) is 3.27. The number of nitrogens with two attached hydrogens (primary N) is 1. The molecule has 0 saturated heterocycles. The quantitative estimate of drug-likeness (QED) is 0.785. The van der Waals surface area contributed by atoms with Crippen molar-refractivity contribution in [3.63, 3.8) is 0 Å². The van der Waals surface area contributed by atoms with Crippen LogP contribution in [0.4, 0.5) is 4.39 Å². The molecule has 2 N–H and O–H groups in total. The molecule has 1 rings (SSSR count). The van der Waals surface area contributed by atoms with Crippen molar-refractivity contribution in [3.8, 4) is 0 Å². The fraction of sp³-hybridized carbons (Fsp3) is 0.538. The van der Waals surface area contributed by atoms with Gasteiger partial charge in [-0.05, 0) is 49.9 Å². The van der Waals surface area contributed by atoms with E-state index in [0.717, 1.165) is 36.1 Å². The largest absolute Gasteiger partial charge is 0.382 e. The summed E-state index contributed by atoms with van der Waals surface area (Å²) in [6, 6.07) is 4.74. The minimum Gasteiger partial charge on any atom is -0.382 e. The van der Waals surface area contributed by atoms with Gasteiger partial charge in [-0.1, -0.05) is 15.9 Å². The first-order chi connectivity index (χ1) is 8.13. The smallest absolute Gasteiger partial charge is 0.123 e. The van der Waals surface area contributed by atoms with E-state index in [1.807, 2.05) is 6.92 Å². The number of halogens is 2. The van der Waals surface area contributed by atoms with Crippen molar-refractivity contribution >= 4 is 15.9 Å². The Hall–Kier alpha value is -0.450. The van der Waals surface area contributed by atoms with Gasteiger partial charge in [0, 0.05) is 23.7 Å². The number of ether oxygens (including phenoxy) is 1. The Labute approximate surface area is 110 Å². The number of hydrogen-bond acceptors (Lipinski definition) is 2. The van der Waals surface area contributed by atoms with Crippen LogP contribution in [0.5, 0.6) is 0 Å². The number of rotatable bonds is 7. The van der Waals surface area contributed by atoms with Crippen LogP contribution in [0.2, 0.25) is 0 Å². The van der Waals surface area contributed by atoms with Crippen molar-refractivity contribution in [2.24, 2.45) is 5.73 Å². The standard InChI is InChI=1S/C13H19BrFNO/c1-2-17-7-3-4-12(16)9-10-8-11(15)5-6-13(10)14/h5-6,8,12H,2-4,7,9,16H2,1H3. The molecule has 1 atom stereocenters. The molecule has 0 aliphatic carbocycles. The molecule has 0 saturated carbocycles. The van der Waals surface area contributed by atoms with Gasteiger partial charge >= 0.3 is 0 Å². The Morgan fingerprint density at radius 1 is 1.47 bits per heavy atom. The van der Waals surface area contributed by atoms with E-state index < -0.39 is 0 Å². The van der Waals surface area contributed by atoms with Gasteiger partial charge in [0.05, 0.1) is 0 Å². The van der Waals surface area contributed by atoms with Gasteiger partial charge in [-0.25, -0.2) is 4.39 Å². The van der Waals surface area contributed by atoms with Gasteiger partial charge in [0.25, 0.3) is 0 Å². The topological polar surface area (TPSA) is 35.2 Å². The van der Waals surface area contributed by atoms with Crippen LogP contribution in [0.25, 0.3) is 0 Å². The first kappa shape index (κ1) is 14.6. The van der Waals surface area contributed by atoms with Crippen LogP contribution < -0.4 is 5.73 Å². The monoisotopic (exact) mass is 303 g/mol. The van der Waals surface area contributed by atoms with Crippen molar-refractivity contribution in [2.45, 2.75) is 32.2 Å². The van der Waals surface area contributed by atoms with Gasteiger partial charge in [-0.3, -0.25) is 0 Å². The molecule has 0 aliphatic heterocycles. The van der Waals surface area contributed by atoms with Crippen LogP contribution in [-0.4, -0.2) is 19.3 Å². The molecule has 1 aromatic rings. The van der Waals surface area contributed by atoms with Crippen molar-refractivity contribution in [1.29, 1.82) is 0 Å². The second-order valence-electron chi connectivity index (χ2n) is 4.04. The zero-order valence-electron chi connectivity index (χ0n) is 10.1. The van der Waals surface area contributed by atoms with Crippen LogP contribution in [0.15, 0.2) is 22.7 Å². The summed E-state index contributed by atoms with van der Waals surface area (Å²) < 4.78 is 19.2. The maximum atomic E-state index is 13.1. The lowest BCUT2D eigenvalue weighted by atomic mass is 10.0. The fourth-order valence-corrected chi connectivity index (χ4v) is 2.08. The molecule has 17 heavy (non-hydrogen) atoms. The van der Waals surface area contributed by atoms with E-state index in [0.29, 0.717) is 6.42 Å². The zero-order valence-corrected chi connectivity index (χ0v) is 11.7. The SMILES string of the molecule is CCOCCCC(N)Cc1cc(F)ccc1Br. The van der Waals surface area contributed by atoms with Crippen molar-refractivity contribution in [2.75, 3.05) is 13.2 Å². The highest BCUT2D eigenvalue weighted by molar-refractivity contribution is 9.10. The Bertz CT molecular complexity index is 346. The van der Waals surface area contributed by atoms with Gasteiger partial charge in [0.2, 0.25) is 0 Å². The summed E-state index contributed by atoms with van der Waals surface area (Å²) in [5.74, 6) is -0.218. The molecule has 0 aliphatic rings. The molecule has 0 radical (unpaired) electrons. The fourth-order valence-electron chi connectivity index (χ4n) is 1.68. The summed E-state index contributed by atoms with van der Waals surface area (Å²) in [7, 11) is 0. The van der Waals surface area contributed by atoms with E-state index in [2.05, 4.69) is 15.9 Å². The third-order valence-electron chi connectivity index (χ3n) is 2.56. The van der Waals surface area contributed by atoms with Gasteiger partial charge in [0.1, 0.15) is 5.82 Å². The van der Waals surface area contributed by atoms with Crippen LogP contribution >= 0.6 is 15.9 Å². The summed E-state index contributed by atoms with van der Waals surface area (Å²) >= 11 is 3.41. The lowest BCUT2D eigenvalue weighted by Gasteiger charge is -2.12. The molecule has 0 aromatic heterocycles. The lowest BCUT2D eigenvalue weighted by Crippen LogP contribution is -2.23. The highest BCUT2D eigenvalue weighted by Crippen LogP contribution is 2.19. The maximum Gasteiger partial charge on any atom is 0.123 e. The van der Waals surface area contributed by atoms with Crippen molar-refractivity contribution < 1.29 is 9.13 Å². The molecule has 96 valence electrons. The second-order valence-corrected chi connectivity index (χ2v) is 4.89. The van der Waals surface area contributed by atoms with E-state index in [-0.39, 0.29) is 11.9 Å². The first-order valence-electron chi connectivity index (χ1n) is 5.90. The van der Waals surface area contributed by atoms with E-state index in [1.54, 1.807) is 6.07 Å². The lowest BCUT2D eigenvalue weighted by molar-refractivity contribution is 0.142. The molecule has 1 unspecified atom stereocenters. The molecule has 0 fully saturated rings. The van der Waals surface area contributed by atoms with Crippen molar-refractivity contribution in [3.05, 3.63) is 34.1 Å². The molecule has 0 bridgehead atoms. The predicted molar refractivity (Wildman–Crippen MR) is 71.5 cm³/mol. The summed E-state index contributed by atoms with van der Waals surface area (Å²) in [5.41, 5.74) is 6.93. The summed E-state index contributed by atoms with van der Waals surface area (Å²) in [6.07, 6.45) is 2.52. The van der Waals surface area contributed by atoms with Gasteiger partial charge in [0.15, 0.2) is 0 Å². The molecule has 4 heteroatoms. The second kappa shape index (κ2) is 7.80. The highest BCUT2D eigenvalue weighted by Gasteiger charge is 2.08. The van der Waals surface area contributed by atoms with E-state index in [1.165, 1.54) is 12.1 Å². The Balaban J connectivity index is 2.39. The van der Waals surface area contributed by atoms with E-state index in [4.69, 9.17) is 10.5 Å². The number of hydrogen-bond donors (Lipinski definition) is 1. The normalized spacial score (nSPS) is 12.7. The van der Waals surface area contributed by atoms with Crippen LogP contribution in [-0.2, 0) is 11.2 Å². The Kier molecular flexibility index (Phi) is 6.70. The molecule has 1 aromatic carbocycles. The highest BCUT2D eigenvalue weighted by atomic mass is 79.9. The Morgan fingerprint density at radius 3 is 2.94 bits per heavy atom. The zero-order chi connectivity index (χ0) is 12.7. The van der Waals surface area contributed by atoms with Gasteiger partial charge < -0.3 is 10.5 Å². The van der Waals surface area contributed by atoms with Gasteiger partial charge in [-0.2, -0.15) is 0 Å². The molecular formula is C13H19BrFNO. The average molecular weight is 304 g/mol. The molecule has 0 amide bonds. The molecular weight excluding hydrogens is 285 g/mol. The summed E-state index contributed by atoms with van der Waals surface area (Å²) in [5, 5.41) is 0. The van der Waals surface area contributed by atoms with Crippen molar-refractivity contribution in [1.82, 2.24) is 0 Å². The van der Waals surface area contributed by atoms with Crippen LogP contribution in [0, 0.1) is 5.82 Å². The maximum absolute atomic E-state index is 13.1. The van der Waals surface area contributed by atoms with Gasteiger partial charge in [-0.15, -0.1) is 0 Å². The third kappa shape index (κ3) is 5.61. The minimum atomic E-state index is -0.218. The number of benzene rings is 1. The summed E-state index contributed by atoms with van der Waals surface area (Å²) in [6.45, 7) is 3.46. The van der Waals surface area contributed by atoms with E-state index >= 15 is 0 Å².